The molecule has 0 saturated heterocycles. The highest BCUT2D eigenvalue weighted by molar-refractivity contribution is 5.74. The molecule has 5 heteroatoms. The molecule has 0 unspecified atom stereocenters. The molecule has 0 atom stereocenters. The first-order valence-electron chi connectivity index (χ1n) is 7.70. The van der Waals surface area contributed by atoms with Crippen molar-refractivity contribution in [2.45, 2.75) is 65.0 Å². The number of nitrogens with one attached hydrogen (secondary N) is 2. The Bertz CT molecular complexity index is 435. The fourth-order valence-corrected chi connectivity index (χ4v) is 2.82. The minimum atomic E-state index is -0.0229. The number of carbonyl (C=O) groups is 1. The van der Waals surface area contributed by atoms with Crippen LogP contribution in [0.2, 0.25) is 0 Å². The first kappa shape index (κ1) is 14.9. The van der Waals surface area contributed by atoms with Crippen molar-refractivity contribution in [3.05, 3.63) is 17.5 Å². The monoisotopic (exact) mass is 278 g/mol. The summed E-state index contributed by atoms with van der Waals surface area (Å²) in [6.07, 6.45) is 6.94. The summed E-state index contributed by atoms with van der Waals surface area (Å²) in [6, 6.07) is 2.42. The molecule has 2 N–H and O–H groups in total. The highest BCUT2D eigenvalue weighted by atomic mass is 16.2. The normalized spacial score (nSPS) is 16.1. The number of aryl methyl sites for hydroxylation is 3. The highest BCUT2D eigenvalue weighted by Crippen LogP contribution is 2.17. The molecule has 0 spiro atoms. The van der Waals surface area contributed by atoms with Gasteiger partial charge in [-0.2, -0.15) is 5.10 Å². The number of hydrogen-bond donors (Lipinski definition) is 2. The lowest BCUT2D eigenvalue weighted by atomic mass is 9.96. The summed E-state index contributed by atoms with van der Waals surface area (Å²) in [5.74, 6) is 0. The first-order chi connectivity index (χ1) is 9.65. The van der Waals surface area contributed by atoms with Crippen molar-refractivity contribution in [3.8, 4) is 0 Å². The van der Waals surface area contributed by atoms with Gasteiger partial charge in [-0.25, -0.2) is 4.79 Å². The minimum absolute atomic E-state index is 0.0229. The molecular formula is C15H26N4O. The number of nitrogens with zero attached hydrogens (tertiary/aromatic N) is 2. The smallest absolute Gasteiger partial charge is 0.315 e. The Balaban J connectivity index is 1.60. The zero-order valence-electron chi connectivity index (χ0n) is 12.6. The summed E-state index contributed by atoms with van der Waals surface area (Å²) in [5, 5.41) is 10.4. The predicted octanol–water partition coefficient (Wildman–Crippen LogP) is 2.52. The zero-order valence-corrected chi connectivity index (χ0v) is 12.6. The van der Waals surface area contributed by atoms with Gasteiger partial charge < -0.3 is 10.6 Å². The van der Waals surface area contributed by atoms with E-state index >= 15 is 0 Å². The van der Waals surface area contributed by atoms with Crippen LogP contribution in [0.15, 0.2) is 6.07 Å². The second-order valence-corrected chi connectivity index (χ2v) is 5.74. The van der Waals surface area contributed by atoms with Crippen LogP contribution in [0.4, 0.5) is 4.79 Å². The lowest BCUT2D eigenvalue weighted by Gasteiger charge is -2.22. The van der Waals surface area contributed by atoms with Gasteiger partial charge in [0.2, 0.25) is 0 Å². The van der Waals surface area contributed by atoms with Crippen LogP contribution in [0, 0.1) is 13.8 Å². The molecule has 1 aromatic heterocycles. The SMILES string of the molecule is Cc1cc(C)n(CCCNC(=O)NC2CCCCC2)n1. The first-order valence-corrected chi connectivity index (χ1v) is 7.70. The van der Waals surface area contributed by atoms with Gasteiger partial charge in [-0.15, -0.1) is 0 Å². The van der Waals surface area contributed by atoms with Crippen molar-refractivity contribution in [1.29, 1.82) is 0 Å². The van der Waals surface area contributed by atoms with Crippen LogP contribution < -0.4 is 10.6 Å². The van der Waals surface area contributed by atoms with Crippen molar-refractivity contribution >= 4 is 6.03 Å². The van der Waals surface area contributed by atoms with E-state index in [2.05, 4.69) is 28.7 Å². The van der Waals surface area contributed by atoms with Crippen molar-refractivity contribution in [2.75, 3.05) is 6.54 Å². The predicted molar refractivity (Wildman–Crippen MR) is 79.7 cm³/mol. The third-order valence-corrected chi connectivity index (χ3v) is 3.88. The number of amides is 2. The Morgan fingerprint density at radius 3 is 2.75 bits per heavy atom. The van der Waals surface area contributed by atoms with Gasteiger partial charge in [0, 0.05) is 24.8 Å². The number of carbonyl (C=O) groups excluding carboxylic acids is 1. The average Bonchev–Trinajstić information content (AvgIpc) is 2.74. The third kappa shape index (κ3) is 4.54. The summed E-state index contributed by atoms with van der Waals surface area (Å²) in [6.45, 7) is 5.60. The molecule has 1 fully saturated rings. The zero-order chi connectivity index (χ0) is 14.4. The number of aromatic nitrogens is 2. The lowest BCUT2D eigenvalue weighted by molar-refractivity contribution is 0.232. The van der Waals surface area contributed by atoms with Crippen LogP contribution in [-0.4, -0.2) is 28.4 Å². The van der Waals surface area contributed by atoms with Gasteiger partial charge in [0.25, 0.3) is 0 Å². The van der Waals surface area contributed by atoms with Crippen LogP contribution in [0.25, 0.3) is 0 Å². The molecule has 0 radical (unpaired) electrons. The molecule has 0 aliphatic heterocycles. The highest BCUT2D eigenvalue weighted by Gasteiger charge is 2.14. The Hall–Kier alpha value is -1.52. The van der Waals surface area contributed by atoms with Gasteiger partial charge >= 0.3 is 6.03 Å². The van der Waals surface area contributed by atoms with Crippen LogP contribution in [0.3, 0.4) is 0 Å². The molecule has 20 heavy (non-hydrogen) atoms. The van der Waals surface area contributed by atoms with E-state index < -0.39 is 0 Å². The van der Waals surface area contributed by atoms with Crippen LogP contribution >= 0.6 is 0 Å². The standard InChI is InChI=1S/C15H26N4O/c1-12-11-13(2)19(18-12)10-6-9-16-15(20)17-14-7-4-3-5-8-14/h11,14H,3-10H2,1-2H3,(H2,16,17,20). The Labute approximate surface area is 121 Å². The Morgan fingerprint density at radius 2 is 2.10 bits per heavy atom. The van der Waals surface area contributed by atoms with Crippen LogP contribution in [0.1, 0.15) is 49.9 Å². The molecule has 1 aliphatic carbocycles. The van der Waals surface area contributed by atoms with E-state index in [4.69, 9.17) is 0 Å². The molecular weight excluding hydrogens is 252 g/mol. The third-order valence-electron chi connectivity index (χ3n) is 3.88. The number of hydrogen-bond acceptors (Lipinski definition) is 2. The Morgan fingerprint density at radius 1 is 1.35 bits per heavy atom. The molecule has 1 aromatic rings. The van der Waals surface area contributed by atoms with Crippen molar-refractivity contribution in [1.82, 2.24) is 20.4 Å². The summed E-state index contributed by atoms with van der Waals surface area (Å²) in [4.78, 5) is 11.7. The fraction of sp³-hybridized carbons (Fsp3) is 0.733. The van der Waals surface area contributed by atoms with E-state index in [1.165, 1.54) is 25.0 Å². The quantitative estimate of drug-likeness (QED) is 0.813. The molecule has 1 aliphatic rings. The van der Waals surface area contributed by atoms with E-state index in [1.54, 1.807) is 0 Å². The van der Waals surface area contributed by atoms with Crippen LogP contribution in [0.5, 0.6) is 0 Å². The van der Waals surface area contributed by atoms with Gasteiger partial charge in [-0.1, -0.05) is 19.3 Å². The van der Waals surface area contributed by atoms with Crippen LogP contribution in [-0.2, 0) is 6.54 Å². The van der Waals surface area contributed by atoms with Crippen molar-refractivity contribution in [3.63, 3.8) is 0 Å². The minimum Gasteiger partial charge on any atom is -0.338 e. The summed E-state index contributed by atoms with van der Waals surface area (Å²) < 4.78 is 2.00. The van der Waals surface area contributed by atoms with Gasteiger partial charge in [0.15, 0.2) is 0 Å². The largest absolute Gasteiger partial charge is 0.338 e. The second-order valence-electron chi connectivity index (χ2n) is 5.74. The van der Waals surface area contributed by atoms with E-state index in [9.17, 15) is 4.79 Å². The molecule has 0 aromatic carbocycles. The maximum Gasteiger partial charge on any atom is 0.315 e. The van der Waals surface area contributed by atoms with Crippen molar-refractivity contribution in [2.24, 2.45) is 0 Å². The van der Waals surface area contributed by atoms with E-state index in [-0.39, 0.29) is 6.03 Å². The number of urea groups is 1. The molecule has 112 valence electrons. The molecule has 1 heterocycles. The van der Waals surface area contributed by atoms with Crippen molar-refractivity contribution < 1.29 is 4.79 Å². The molecule has 2 amide bonds. The van der Waals surface area contributed by atoms with Gasteiger partial charge in [-0.3, -0.25) is 4.68 Å². The van der Waals surface area contributed by atoms with E-state index in [0.29, 0.717) is 12.6 Å². The van der Waals surface area contributed by atoms with E-state index in [1.807, 2.05) is 11.6 Å². The second kappa shape index (κ2) is 7.31. The summed E-state index contributed by atoms with van der Waals surface area (Å²) in [5.41, 5.74) is 2.22. The summed E-state index contributed by atoms with van der Waals surface area (Å²) in [7, 11) is 0. The lowest BCUT2D eigenvalue weighted by Crippen LogP contribution is -2.43. The van der Waals surface area contributed by atoms with Gasteiger partial charge in [-0.05, 0) is 39.2 Å². The topological polar surface area (TPSA) is 59.0 Å². The average molecular weight is 278 g/mol. The molecule has 1 saturated carbocycles. The van der Waals surface area contributed by atoms with E-state index in [0.717, 1.165) is 31.5 Å². The maximum atomic E-state index is 11.7. The van der Waals surface area contributed by atoms with Gasteiger partial charge in [0.1, 0.15) is 0 Å². The van der Waals surface area contributed by atoms with Gasteiger partial charge in [0.05, 0.1) is 5.69 Å². The Kier molecular flexibility index (Phi) is 5.44. The fourth-order valence-electron chi connectivity index (χ4n) is 2.82. The molecule has 0 bridgehead atoms. The molecule has 5 nitrogen and oxygen atoms in total. The maximum absolute atomic E-state index is 11.7. The molecule has 2 rings (SSSR count). The summed E-state index contributed by atoms with van der Waals surface area (Å²) >= 11 is 0. The number of rotatable bonds is 5.